The lowest BCUT2D eigenvalue weighted by Gasteiger charge is -2.07. The molecule has 0 saturated carbocycles. The minimum absolute atomic E-state index is 0.203. The average Bonchev–Trinajstić information content (AvgIpc) is 2.90. The van der Waals surface area contributed by atoms with Crippen molar-refractivity contribution in [3.05, 3.63) is 29.8 Å². The molecule has 0 amide bonds. The monoisotopic (exact) mass is 516 g/mol. The number of rotatable bonds is 25. The predicted octanol–water partition coefficient (Wildman–Crippen LogP) is 10.4. The Labute approximate surface area is 228 Å². The Bertz CT molecular complexity index is 667. The Kier molecular flexibility index (Phi) is 22.0. The summed E-state index contributed by atoms with van der Waals surface area (Å²) in [6, 6.07) is 6.61. The molecule has 1 aromatic carbocycles. The van der Waals surface area contributed by atoms with Gasteiger partial charge in [0.25, 0.3) is 0 Å². The molecule has 0 aliphatic carbocycles. The molecule has 0 atom stereocenters. The highest BCUT2D eigenvalue weighted by atomic mass is 16.5. The minimum Gasteiger partial charge on any atom is -0.462 e. The molecule has 0 aliphatic rings. The van der Waals surface area contributed by atoms with Crippen LogP contribution in [0.25, 0.3) is 0 Å². The zero-order valence-corrected chi connectivity index (χ0v) is 24.2. The van der Waals surface area contributed by atoms with E-state index in [1.807, 2.05) is 0 Å². The molecule has 1 aromatic rings. The first-order valence-corrected chi connectivity index (χ1v) is 15.6. The van der Waals surface area contributed by atoms with E-state index in [2.05, 4.69) is 13.8 Å². The number of carbonyl (C=O) groups is 2. The smallest absolute Gasteiger partial charge is 0.338 e. The molecule has 0 bridgehead atoms. The van der Waals surface area contributed by atoms with Crippen molar-refractivity contribution in [3.8, 4) is 5.75 Å². The van der Waals surface area contributed by atoms with E-state index < -0.39 is 0 Å². The van der Waals surface area contributed by atoms with Crippen LogP contribution in [-0.2, 0) is 9.53 Å². The Balaban J connectivity index is 1.88. The maximum absolute atomic E-state index is 12.1. The second-order valence-electron chi connectivity index (χ2n) is 10.6. The van der Waals surface area contributed by atoms with E-state index >= 15 is 0 Å². The molecule has 0 heterocycles. The van der Waals surface area contributed by atoms with Crippen LogP contribution in [0.4, 0.5) is 0 Å². The lowest BCUT2D eigenvalue weighted by molar-refractivity contribution is -0.134. The van der Waals surface area contributed by atoms with Gasteiger partial charge >= 0.3 is 11.9 Å². The third-order valence-electron chi connectivity index (χ3n) is 7.04. The molecule has 0 spiro atoms. The molecule has 1 rings (SSSR count). The molecule has 212 valence electrons. The fourth-order valence-electron chi connectivity index (χ4n) is 4.58. The van der Waals surface area contributed by atoms with Crippen LogP contribution in [-0.4, -0.2) is 18.5 Å². The number of hydrogen-bond acceptors (Lipinski definition) is 4. The van der Waals surface area contributed by atoms with Crippen molar-refractivity contribution in [1.82, 2.24) is 0 Å². The van der Waals surface area contributed by atoms with Crippen LogP contribution in [0, 0.1) is 0 Å². The van der Waals surface area contributed by atoms with Gasteiger partial charge in [-0.3, -0.25) is 4.79 Å². The molecular formula is C33H56O4. The summed E-state index contributed by atoms with van der Waals surface area (Å²) in [5.41, 5.74) is 0.481. The van der Waals surface area contributed by atoms with Gasteiger partial charge in [-0.2, -0.15) is 0 Å². The van der Waals surface area contributed by atoms with Gasteiger partial charge in [-0.25, -0.2) is 4.79 Å². The van der Waals surface area contributed by atoms with Crippen molar-refractivity contribution in [3.63, 3.8) is 0 Å². The highest BCUT2D eigenvalue weighted by Crippen LogP contribution is 2.17. The average molecular weight is 517 g/mol. The zero-order chi connectivity index (χ0) is 26.8. The van der Waals surface area contributed by atoms with E-state index in [1.54, 1.807) is 24.3 Å². The molecule has 4 nitrogen and oxygen atoms in total. The second-order valence-corrected chi connectivity index (χ2v) is 10.6. The summed E-state index contributed by atoms with van der Waals surface area (Å²) in [7, 11) is 0. The fourth-order valence-corrected chi connectivity index (χ4v) is 4.58. The second kappa shape index (κ2) is 24.5. The fraction of sp³-hybridized carbons (Fsp3) is 0.758. The van der Waals surface area contributed by atoms with Crippen molar-refractivity contribution in [1.29, 1.82) is 0 Å². The van der Waals surface area contributed by atoms with Gasteiger partial charge in [0.1, 0.15) is 5.75 Å². The Hall–Kier alpha value is -1.84. The van der Waals surface area contributed by atoms with Crippen LogP contribution in [0.2, 0.25) is 0 Å². The number of benzene rings is 1. The first kappa shape index (κ1) is 33.2. The van der Waals surface area contributed by atoms with Crippen LogP contribution in [0.3, 0.4) is 0 Å². The molecule has 0 saturated heterocycles. The van der Waals surface area contributed by atoms with Gasteiger partial charge in [0.15, 0.2) is 0 Å². The minimum atomic E-state index is -0.333. The van der Waals surface area contributed by atoms with Crippen LogP contribution >= 0.6 is 0 Å². The molecule has 0 N–H and O–H groups in total. The number of ether oxygens (including phenoxy) is 2. The molecule has 0 fully saturated rings. The number of unbranched alkanes of at least 4 members (excludes halogenated alkanes) is 19. The van der Waals surface area contributed by atoms with Crippen LogP contribution in [0.15, 0.2) is 24.3 Å². The van der Waals surface area contributed by atoms with E-state index in [4.69, 9.17) is 9.47 Å². The summed E-state index contributed by atoms with van der Waals surface area (Å²) in [5, 5.41) is 0. The van der Waals surface area contributed by atoms with Crippen LogP contribution in [0.1, 0.15) is 165 Å². The molecule has 0 aromatic heterocycles. The molecular weight excluding hydrogens is 460 g/mol. The first-order chi connectivity index (χ1) is 18.2. The highest BCUT2D eigenvalue weighted by molar-refractivity contribution is 5.89. The van der Waals surface area contributed by atoms with Crippen LogP contribution in [0.5, 0.6) is 5.75 Å². The van der Waals surface area contributed by atoms with Gasteiger partial charge in [-0.15, -0.1) is 0 Å². The van der Waals surface area contributed by atoms with E-state index in [0.29, 0.717) is 24.3 Å². The summed E-state index contributed by atoms with van der Waals surface area (Å²) in [6.07, 6.45) is 27.8. The number of carbonyl (C=O) groups excluding carboxylic acids is 2. The molecule has 0 unspecified atom stereocenters. The lowest BCUT2D eigenvalue weighted by atomic mass is 10.0. The predicted molar refractivity (Wildman–Crippen MR) is 155 cm³/mol. The lowest BCUT2D eigenvalue weighted by Crippen LogP contribution is -2.09. The standard InChI is InChI=1S/C33H56O4/c1-3-5-7-8-9-10-11-12-13-14-15-16-17-18-19-20-21-22-23-24-32(34)37-31-27-25-30(26-28-31)33(35)36-29-6-4-2/h25-28H,3-24,29H2,1-2H3. The molecule has 0 aliphatic heterocycles. The Morgan fingerprint density at radius 1 is 0.541 bits per heavy atom. The molecule has 4 heteroatoms. The van der Waals surface area contributed by atoms with Gasteiger partial charge in [0.05, 0.1) is 12.2 Å². The van der Waals surface area contributed by atoms with Crippen molar-refractivity contribution in [2.75, 3.05) is 6.61 Å². The van der Waals surface area contributed by atoms with E-state index in [0.717, 1.165) is 25.7 Å². The molecule has 0 radical (unpaired) electrons. The number of esters is 2. The Morgan fingerprint density at radius 3 is 1.38 bits per heavy atom. The van der Waals surface area contributed by atoms with E-state index in [1.165, 1.54) is 109 Å². The maximum Gasteiger partial charge on any atom is 0.338 e. The third kappa shape index (κ3) is 19.9. The van der Waals surface area contributed by atoms with E-state index in [-0.39, 0.29) is 11.9 Å². The summed E-state index contributed by atoms with van der Waals surface area (Å²) in [6.45, 7) is 4.77. The van der Waals surface area contributed by atoms with Crippen molar-refractivity contribution in [2.24, 2.45) is 0 Å². The quantitative estimate of drug-likeness (QED) is 0.0736. The summed E-state index contributed by atoms with van der Waals surface area (Å²) < 4.78 is 10.6. The largest absolute Gasteiger partial charge is 0.462 e. The zero-order valence-electron chi connectivity index (χ0n) is 24.2. The van der Waals surface area contributed by atoms with Crippen molar-refractivity contribution < 1.29 is 19.1 Å². The first-order valence-electron chi connectivity index (χ1n) is 15.6. The van der Waals surface area contributed by atoms with Crippen molar-refractivity contribution >= 4 is 11.9 Å². The summed E-state index contributed by atoms with van der Waals surface area (Å²) >= 11 is 0. The SMILES string of the molecule is CCCCCCCCCCCCCCCCCCCCCC(=O)Oc1ccc(C(=O)OCCCC)cc1. The number of hydrogen-bond donors (Lipinski definition) is 0. The van der Waals surface area contributed by atoms with Crippen LogP contribution < -0.4 is 4.74 Å². The maximum atomic E-state index is 12.1. The topological polar surface area (TPSA) is 52.6 Å². The van der Waals surface area contributed by atoms with Gasteiger partial charge in [-0.1, -0.05) is 136 Å². The third-order valence-corrected chi connectivity index (χ3v) is 7.04. The van der Waals surface area contributed by atoms with E-state index in [9.17, 15) is 9.59 Å². The van der Waals surface area contributed by atoms with Crippen molar-refractivity contribution in [2.45, 2.75) is 155 Å². The molecule has 37 heavy (non-hydrogen) atoms. The summed E-state index contributed by atoms with van der Waals surface area (Å²) in [5.74, 6) is -0.0569. The summed E-state index contributed by atoms with van der Waals surface area (Å²) in [4.78, 5) is 24.0. The van der Waals surface area contributed by atoms with Gasteiger partial charge in [-0.05, 0) is 37.1 Å². The van der Waals surface area contributed by atoms with Gasteiger partial charge < -0.3 is 9.47 Å². The van der Waals surface area contributed by atoms with Gasteiger partial charge in [0, 0.05) is 6.42 Å². The Morgan fingerprint density at radius 2 is 0.946 bits per heavy atom. The van der Waals surface area contributed by atoms with Gasteiger partial charge in [0.2, 0.25) is 0 Å². The normalized spacial score (nSPS) is 11.0. The highest BCUT2D eigenvalue weighted by Gasteiger charge is 2.09.